The van der Waals surface area contributed by atoms with Crippen LogP contribution in [0.5, 0.6) is 11.5 Å². The van der Waals surface area contributed by atoms with E-state index < -0.39 is 6.10 Å². The van der Waals surface area contributed by atoms with Crippen LogP contribution in [-0.2, 0) is 0 Å². The van der Waals surface area contributed by atoms with Crippen LogP contribution in [0.25, 0.3) is 0 Å². The Morgan fingerprint density at radius 3 is 2.60 bits per heavy atom. The number of aromatic hydroxyl groups is 2. The lowest BCUT2D eigenvalue weighted by Gasteiger charge is -2.12. The molecule has 4 N–H and O–H groups in total. The van der Waals surface area contributed by atoms with E-state index in [9.17, 15) is 10.2 Å². The largest absolute Gasteiger partial charge is 0.504 e. The number of rotatable bonds is 5. The second-order valence-electron chi connectivity index (χ2n) is 3.47. The van der Waals surface area contributed by atoms with Crippen molar-refractivity contribution in [1.82, 2.24) is 5.32 Å². The zero-order valence-electron chi connectivity index (χ0n) is 8.77. The maximum absolute atomic E-state index is 9.71. The molecule has 0 heterocycles. The van der Waals surface area contributed by atoms with Gasteiger partial charge in [-0.2, -0.15) is 0 Å². The average molecular weight is 211 g/mol. The van der Waals surface area contributed by atoms with Crippen molar-refractivity contribution in [2.75, 3.05) is 13.1 Å². The Balaban J connectivity index is 2.57. The van der Waals surface area contributed by atoms with Crippen LogP contribution >= 0.6 is 0 Å². The summed E-state index contributed by atoms with van der Waals surface area (Å²) in [6.07, 6.45) is 0.344. The first-order chi connectivity index (χ1) is 7.15. The van der Waals surface area contributed by atoms with E-state index in [4.69, 9.17) is 5.11 Å². The lowest BCUT2D eigenvalue weighted by Crippen LogP contribution is -2.21. The third-order valence-corrected chi connectivity index (χ3v) is 2.15. The molecule has 4 heteroatoms. The number of benzene rings is 1. The number of phenolic OH excluding ortho intramolecular Hbond substituents is 2. The molecule has 0 bridgehead atoms. The molecule has 1 aromatic carbocycles. The first-order valence-electron chi connectivity index (χ1n) is 5.05. The highest BCUT2D eigenvalue weighted by molar-refractivity contribution is 5.41. The Morgan fingerprint density at radius 2 is 2.00 bits per heavy atom. The lowest BCUT2D eigenvalue weighted by molar-refractivity contribution is 0.174. The highest BCUT2D eigenvalue weighted by atomic mass is 16.3. The van der Waals surface area contributed by atoms with Crippen molar-refractivity contribution in [3.05, 3.63) is 23.8 Å². The molecule has 84 valence electrons. The Bertz CT molecular complexity index is 315. The predicted molar refractivity (Wildman–Crippen MR) is 57.9 cm³/mol. The summed E-state index contributed by atoms with van der Waals surface area (Å²) < 4.78 is 0. The first-order valence-corrected chi connectivity index (χ1v) is 5.05. The molecule has 0 aliphatic heterocycles. The van der Waals surface area contributed by atoms with E-state index in [-0.39, 0.29) is 11.5 Å². The SMILES string of the molecule is CCCNC[C@H](O)c1ccc(O)c(O)c1. The number of nitrogens with one attached hydrogen (secondary N) is 1. The Kier molecular flexibility index (Phi) is 4.39. The average Bonchev–Trinajstić information content (AvgIpc) is 2.22. The Labute approximate surface area is 89.2 Å². The van der Waals surface area contributed by atoms with Crippen molar-refractivity contribution in [1.29, 1.82) is 0 Å². The second-order valence-corrected chi connectivity index (χ2v) is 3.47. The minimum atomic E-state index is -0.664. The fourth-order valence-corrected chi connectivity index (χ4v) is 1.28. The number of aliphatic hydroxyl groups is 1. The molecule has 0 unspecified atom stereocenters. The summed E-state index contributed by atoms with van der Waals surface area (Å²) >= 11 is 0. The third kappa shape index (κ3) is 3.42. The van der Waals surface area contributed by atoms with Crippen molar-refractivity contribution in [2.24, 2.45) is 0 Å². The van der Waals surface area contributed by atoms with Crippen molar-refractivity contribution >= 4 is 0 Å². The Hall–Kier alpha value is -1.26. The molecule has 1 atom stereocenters. The van der Waals surface area contributed by atoms with Gasteiger partial charge < -0.3 is 20.6 Å². The standard InChI is InChI=1S/C11H17NO3/c1-2-5-12-7-11(15)8-3-4-9(13)10(14)6-8/h3-4,6,11-15H,2,5,7H2,1H3/t11-/m0/s1. The molecule has 0 aliphatic rings. The van der Waals surface area contributed by atoms with Gasteiger partial charge in [0.1, 0.15) is 0 Å². The summed E-state index contributed by atoms with van der Waals surface area (Å²) in [6, 6.07) is 4.33. The van der Waals surface area contributed by atoms with Crippen LogP contribution in [0.3, 0.4) is 0 Å². The van der Waals surface area contributed by atoms with E-state index in [1.54, 1.807) is 6.07 Å². The number of hydrogen-bond donors (Lipinski definition) is 4. The highest BCUT2D eigenvalue weighted by Crippen LogP contribution is 2.27. The molecule has 0 saturated carbocycles. The van der Waals surface area contributed by atoms with Gasteiger partial charge >= 0.3 is 0 Å². The number of phenols is 2. The van der Waals surface area contributed by atoms with Gasteiger partial charge in [-0.1, -0.05) is 13.0 Å². The monoisotopic (exact) mass is 211 g/mol. The van der Waals surface area contributed by atoms with Crippen molar-refractivity contribution in [3.63, 3.8) is 0 Å². The van der Waals surface area contributed by atoms with Gasteiger partial charge in [0.2, 0.25) is 0 Å². The molecule has 15 heavy (non-hydrogen) atoms. The maximum Gasteiger partial charge on any atom is 0.157 e. The van der Waals surface area contributed by atoms with Crippen LogP contribution in [-0.4, -0.2) is 28.4 Å². The molecule has 1 rings (SSSR count). The minimum Gasteiger partial charge on any atom is -0.504 e. The molecule has 0 fully saturated rings. The van der Waals surface area contributed by atoms with Crippen molar-refractivity contribution < 1.29 is 15.3 Å². The van der Waals surface area contributed by atoms with Crippen LogP contribution in [0.4, 0.5) is 0 Å². The second kappa shape index (κ2) is 5.58. The fraction of sp³-hybridized carbons (Fsp3) is 0.455. The molecule has 4 nitrogen and oxygen atoms in total. The molecule has 1 aromatic rings. The van der Waals surface area contributed by atoms with Gasteiger partial charge in [-0.15, -0.1) is 0 Å². The van der Waals surface area contributed by atoms with Gasteiger partial charge in [0, 0.05) is 6.54 Å². The smallest absolute Gasteiger partial charge is 0.157 e. The van der Waals surface area contributed by atoms with Gasteiger partial charge in [0.15, 0.2) is 11.5 Å². The van der Waals surface area contributed by atoms with E-state index in [0.29, 0.717) is 12.1 Å². The van der Waals surface area contributed by atoms with E-state index >= 15 is 0 Å². The van der Waals surface area contributed by atoms with E-state index in [2.05, 4.69) is 5.32 Å². The van der Waals surface area contributed by atoms with E-state index in [0.717, 1.165) is 13.0 Å². The predicted octanol–water partition coefficient (Wildman–Crippen LogP) is 1.13. The zero-order chi connectivity index (χ0) is 11.3. The van der Waals surface area contributed by atoms with Gasteiger partial charge in [0.25, 0.3) is 0 Å². The van der Waals surface area contributed by atoms with Crippen LogP contribution in [0.2, 0.25) is 0 Å². The summed E-state index contributed by atoms with van der Waals surface area (Å²) in [6.45, 7) is 3.34. The van der Waals surface area contributed by atoms with E-state index in [1.807, 2.05) is 6.92 Å². The molecular weight excluding hydrogens is 194 g/mol. The molecule has 0 amide bonds. The van der Waals surface area contributed by atoms with Gasteiger partial charge in [0.05, 0.1) is 6.10 Å². The molecule has 0 aromatic heterocycles. The third-order valence-electron chi connectivity index (χ3n) is 2.15. The summed E-state index contributed by atoms with van der Waals surface area (Å²) in [5.41, 5.74) is 0.592. The molecule has 0 aliphatic carbocycles. The molecule has 0 saturated heterocycles. The van der Waals surface area contributed by atoms with Crippen molar-refractivity contribution in [3.8, 4) is 11.5 Å². The fourth-order valence-electron chi connectivity index (χ4n) is 1.28. The molecule has 0 radical (unpaired) electrons. The number of hydrogen-bond acceptors (Lipinski definition) is 4. The maximum atomic E-state index is 9.71. The normalized spacial score (nSPS) is 12.7. The topological polar surface area (TPSA) is 72.7 Å². The van der Waals surface area contributed by atoms with Crippen LogP contribution in [0.15, 0.2) is 18.2 Å². The summed E-state index contributed by atoms with van der Waals surface area (Å²) in [5.74, 6) is -0.380. The number of aliphatic hydroxyl groups excluding tert-OH is 1. The van der Waals surface area contributed by atoms with Gasteiger partial charge in [-0.25, -0.2) is 0 Å². The quantitative estimate of drug-likeness (QED) is 0.435. The highest BCUT2D eigenvalue weighted by Gasteiger charge is 2.09. The van der Waals surface area contributed by atoms with Crippen molar-refractivity contribution in [2.45, 2.75) is 19.4 Å². The van der Waals surface area contributed by atoms with E-state index in [1.165, 1.54) is 12.1 Å². The summed E-state index contributed by atoms with van der Waals surface area (Å²) in [5, 5.41) is 31.1. The van der Waals surface area contributed by atoms with Gasteiger partial charge in [-0.3, -0.25) is 0 Å². The molecule has 0 spiro atoms. The molecular formula is C11H17NO3. The van der Waals surface area contributed by atoms with Crippen LogP contribution < -0.4 is 5.32 Å². The lowest BCUT2D eigenvalue weighted by atomic mass is 10.1. The first kappa shape index (κ1) is 11.8. The zero-order valence-corrected chi connectivity index (χ0v) is 8.77. The van der Waals surface area contributed by atoms with Gasteiger partial charge in [-0.05, 0) is 30.7 Å². The van der Waals surface area contributed by atoms with Crippen LogP contribution in [0.1, 0.15) is 25.0 Å². The minimum absolute atomic E-state index is 0.174. The Morgan fingerprint density at radius 1 is 1.27 bits per heavy atom. The summed E-state index contributed by atoms with van der Waals surface area (Å²) in [4.78, 5) is 0. The van der Waals surface area contributed by atoms with Crippen LogP contribution in [0, 0.1) is 0 Å². The summed E-state index contributed by atoms with van der Waals surface area (Å²) in [7, 11) is 0.